The molecule has 0 aliphatic carbocycles. The van der Waals surface area contributed by atoms with E-state index < -0.39 is 28.5 Å². The van der Waals surface area contributed by atoms with Crippen LogP contribution >= 0.6 is 11.6 Å². The Bertz CT molecular complexity index is 1630. The summed E-state index contributed by atoms with van der Waals surface area (Å²) in [6, 6.07) is 25.5. The first-order chi connectivity index (χ1) is 19.7. The summed E-state index contributed by atoms with van der Waals surface area (Å²) in [5.74, 6) is 0.274. The van der Waals surface area contributed by atoms with Gasteiger partial charge in [-0.15, -0.1) is 0 Å². The molecule has 0 saturated heterocycles. The molecule has 0 spiro atoms. The zero-order valence-corrected chi connectivity index (χ0v) is 24.7. The Balaban J connectivity index is 1.78. The van der Waals surface area contributed by atoms with Crippen molar-refractivity contribution in [2.45, 2.75) is 17.9 Å². The predicted molar refractivity (Wildman–Crippen MR) is 160 cm³/mol. The third-order valence-corrected chi connectivity index (χ3v) is 8.44. The van der Waals surface area contributed by atoms with E-state index in [-0.39, 0.29) is 27.1 Å². The highest BCUT2D eigenvalue weighted by Gasteiger charge is 2.31. The normalized spacial score (nSPS) is 11.8. The Morgan fingerprint density at radius 3 is 2.12 bits per heavy atom. The predicted octanol–water partition coefficient (Wildman–Crippen LogP) is 5.78. The number of sulfonamides is 1. The molecule has 0 heterocycles. The second-order valence-corrected chi connectivity index (χ2v) is 11.5. The molecule has 1 amide bonds. The molecule has 41 heavy (non-hydrogen) atoms. The maximum Gasteiger partial charge on any atom is 0.265 e. The molecule has 10 heteroatoms. The van der Waals surface area contributed by atoms with Gasteiger partial charge in [-0.05, 0) is 48.4 Å². The topological polar surface area (TPSA) is 94.2 Å². The van der Waals surface area contributed by atoms with Crippen molar-refractivity contribution in [1.82, 2.24) is 5.32 Å². The molecule has 0 aromatic heterocycles. The van der Waals surface area contributed by atoms with Crippen molar-refractivity contribution in [2.75, 3.05) is 32.2 Å². The van der Waals surface area contributed by atoms with Gasteiger partial charge in [0.15, 0.2) is 11.5 Å². The molecule has 1 N–H and O–H groups in total. The average Bonchev–Trinajstić information content (AvgIpc) is 2.98. The SMILES string of the molecule is COc1ccc(S(=O)(=O)N(CC(=O)NC(c2ccccc2)c2cccc(C)c2)c2cc(Cl)ccc2OC)cc1OC. The quantitative estimate of drug-likeness (QED) is 0.237. The van der Waals surface area contributed by atoms with Gasteiger partial charge in [0.1, 0.15) is 12.3 Å². The molecule has 214 valence electrons. The molecule has 4 aromatic carbocycles. The zero-order valence-electron chi connectivity index (χ0n) is 23.1. The number of anilines is 1. The van der Waals surface area contributed by atoms with E-state index in [1.807, 2.05) is 61.5 Å². The Morgan fingerprint density at radius 1 is 0.805 bits per heavy atom. The van der Waals surface area contributed by atoms with Crippen molar-refractivity contribution in [2.24, 2.45) is 0 Å². The second-order valence-electron chi connectivity index (χ2n) is 9.17. The molecular formula is C31H31ClN2O6S. The minimum Gasteiger partial charge on any atom is -0.495 e. The molecule has 0 bridgehead atoms. The lowest BCUT2D eigenvalue weighted by atomic mass is 9.97. The highest BCUT2D eigenvalue weighted by Crippen LogP contribution is 2.37. The van der Waals surface area contributed by atoms with E-state index in [4.69, 9.17) is 25.8 Å². The van der Waals surface area contributed by atoms with Gasteiger partial charge in [-0.2, -0.15) is 0 Å². The Labute approximate surface area is 245 Å². The van der Waals surface area contributed by atoms with E-state index in [0.29, 0.717) is 5.75 Å². The Kier molecular flexibility index (Phi) is 9.42. The van der Waals surface area contributed by atoms with Crippen LogP contribution in [-0.2, 0) is 14.8 Å². The van der Waals surface area contributed by atoms with Crippen LogP contribution in [0.4, 0.5) is 5.69 Å². The number of carbonyl (C=O) groups is 1. The smallest absolute Gasteiger partial charge is 0.265 e. The first-order valence-electron chi connectivity index (χ1n) is 12.7. The number of rotatable bonds is 11. The third-order valence-electron chi connectivity index (χ3n) is 6.45. The second kappa shape index (κ2) is 13.0. The fraction of sp³-hybridized carbons (Fsp3) is 0.194. The van der Waals surface area contributed by atoms with Gasteiger partial charge in [-0.1, -0.05) is 71.8 Å². The van der Waals surface area contributed by atoms with Crippen molar-refractivity contribution in [3.8, 4) is 17.2 Å². The van der Waals surface area contributed by atoms with Gasteiger partial charge in [0.05, 0.1) is 38.0 Å². The van der Waals surface area contributed by atoms with E-state index >= 15 is 0 Å². The summed E-state index contributed by atoms with van der Waals surface area (Å²) in [5, 5.41) is 3.30. The minimum atomic E-state index is -4.33. The number of benzene rings is 4. The molecule has 0 aliphatic heterocycles. The Hall–Kier alpha value is -4.21. The van der Waals surface area contributed by atoms with Gasteiger partial charge in [0, 0.05) is 11.1 Å². The number of hydrogen-bond donors (Lipinski definition) is 1. The lowest BCUT2D eigenvalue weighted by Gasteiger charge is -2.27. The number of halogens is 1. The zero-order chi connectivity index (χ0) is 29.6. The highest BCUT2D eigenvalue weighted by molar-refractivity contribution is 7.92. The maximum absolute atomic E-state index is 14.1. The van der Waals surface area contributed by atoms with Crippen LogP contribution in [-0.4, -0.2) is 42.2 Å². The third kappa shape index (κ3) is 6.75. The van der Waals surface area contributed by atoms with Crippen LogP contribution < -0.4 is 23.8 Å². The van der Waals surface area contributed by atoms with Gasteiger partial charge in [-0.25, -0.2) is 8.42 Å². The lowest BCUT2D eigenvalue weighted by molar-refractivity contribution is -0.120. The molecule has 0 aliphatic rings. The number of nitrogens with one attached hydrogen (secondary N) is 1. The van der Waals surface area contributed by atoms with Gasteiger partial charge in [0.2, 0.25) is 5.91 Å². The number of nitrogens with zero attached hydrogens (tertiary/aromatic N) is 1. The number of amides is 1. The fourth-order valence-electron chi connectivity index (χ4n) is 4.45. The number of aryl methyl sites for hydroxylation is 1. The molecule has 4 aromatic rings. The van der Waals surface area contributed by atoms with Gasteiger partial charge in [0.25, 0.3) is 10.0 Å². The molecule has 0 fully saturated rings. The monoisotopic (exact) mass is 594 g/mol. The van der Waals surface area contributed by atoms with Gasteiger partial charge >= 0.3 is 0 Å². The standard InChI is InChI=1S/C31H31ClN2O6S/c1-21-9-8-12-23(17-21)31(22-10-6-5-7-11-22)33-30(35)20-34(26-18-24(32)13-15-27(26)38-2)41(36,37)25-14-16-28(39-3)29(19-25)40-4/h5-19,31H,20H2,1-4H3,(H,33,35). The van der Waals surface area contributed by atoms with Crippen LogP contribution in [0, 0.1) is 6.92 Å². The van der Waals surface area contributed by atoms with Crippen molar-refractivity contribution in [1.29, 1.82) is 0 Å². The van der Waals surface area contributed by atoms with Crippen LogP contribution in [0.25, 0.3) is 0 Å². The molecule has 0 saturated carbocycles. The van der Waals surface area contributed by atoms with Crippen LogP contribution in [0.5, 0.6) is 17.2 Å². The van der Waals surface area contributed by atoms with Crippen LogP contribution in [0.2, 0.25) is 5.02 Å². The van der Waals surface area contributed by atoms with Crippen molar-refractivity contribution in [3.05, 3.63) is 113 Å². The summed E-state index contributed by atoms with van der Waals surface area (Å²) in [5.41, 5.74) is 2.84. The van der Waals surface area contributed by atoms with Crippen LogP contribution in [0.1, 0.15) is 22.7 Å². The molecule has 1 unspecified atom stereocenters. The molecule has 4 rings (SSSR count). The van der Waals surface area contributed by atoms with E-state index in [2.05, 4.69) is 5.32 Å². The average molecular weight is 595 g/mol. The molecule has 1 atom stereocenters. The van der Waals surface area contributed by atoms with Crippen molar-refractivity contribution in [3.63, 3.8) is 0 Å². The lowest BCUT2D eigenvalue weighted by Crippen LogP contribution is -2.42. The minimum absolute atomic E-state index is 0.108. The summed E-state index contributed by atoms with van der Waals surface area (Å²) in [6.45, 7) is 1.42. The van der Waals surface area contributed by atoms with E-state index in [9.17, 15) is 13.2 Å². The summed E-state index contributed by atoms with van der Waals surface area (Å²) < 4.78 is 45.3. The summed E-state index contributed by atoms with van der Waals surface area (Å²) in [7, 11) is -0.0493. The van der Waals surface area contributed by atoms with Gasteiger partial charge < -0.3 is 19.5 Å². The largest absolute Gasteiger partial charge is 0.495 e. The van der Waals surface area contributed by atoms with E-state index in [0.717, 1.165) is 21.0 Å². The molecule has 8 nitrogen and oxygen atoms in total. The highest BCUT2D eigenvalue weighted by atomic mass is 35.5. The maximum atomic E-state index is 14.1. The van der Waals surface area contributed by atoms with E-state index in [1.54, 1.807) is 12.1 Å². The van der Waals surface area contributed by atoms with Gasteiger partial charge in [-0.3, -0.25) is 9.10 Å². The summed E-state index contributed by atoms with van der Waals surface area (Å²) in [6.07, 6.45) is 0. The van der Waals surface area contributed by atoms with Crippen molar-refractivity contribution >= 4 is 33.2 Å². The van der Waals surface area contributed by atoms with E-state index in [1.165, 1.54) is 45.6 Å². The fourth-order valence-corrected chi connectivity index (χ4v) is 6.06. The summed E-state index contributed by atoms with van der Waals surface area (Å²) in [4.78, 5) is 13.6. The van der Waals surface area contributed by atoms with Crippen LogP contribution in [0.3, 0.4) is 0 Å². The number of methoxy groups -OCH3 is 3. The molecular weight excluding hydrogens is 564 g/mol. The number of carbonyl (C=O) groups excluding carboxylic acids is 1. The first-order valence-corrected chi connectivity index (χ1v) is 14.5. The first kappa shape index (κ1) is 29.8. The van der Waals surface area contributed by atoms with Crippen LogP contribution in [0.15, 0.2) is 95.9 Å². The number of ether oxygens (including phenoxy) is 3. The number of hydrogen-bond acceptors (Lipinski definition) is 6. The van der Waals surface area contributed by atoms with Crippen molar-refractivity contribution < 1.29 is 27.4 Å². The Morgan fingerprint density at radius 2 is 1.46 bits per heavy atom. The molecule has 0 radical (unpaired) electrons. The summed E-state index contributed by atoms with van der Waals surface area (Å²) >= 11 is 6.28.